The van der Waals surface area contributed by atoms with Gasteiger partial charge in [0.15, 0.2) is 0 Å². The number of hydrogen-bond donors (Lipinski definition) is 0. The van der Waals surface area contributed by atoms with E-state index in [0.717, 1.165) is 55.8 Å². The molecule has 5 heterocycles. The van der Waals surface area contributed by atoms with Crippen LogP contribution in [-0.4, -0.2) is 23.9 Å². The van der Waals surface area contributed by atoms with E-state index in [2.05, 4.69) is 111 Å². The molecule has 0 unspecified atom stereocenters. The highest BCUT2D eigenvalue weighted by Crippen LogP contribution is 2.39. The van der Waals surface area contributed by atoms with Crippen LogP contribution >= 0.6 is 0 Å². The van der Waals surface area contributed by atoms with Crippen LogP contribution in [0, 0.1) is 0 Å². The Bertz CT molecular complexity index is 2430. The van der Waals surface area contributed by atoms with Crippen LogP contribution in [0.2, 0.25) is 0 Å². The molecule has 5 aromatic heterocycles. The fourth-order valence-corrected chi connectivity index (χ4v) is 6.22. The second kappa shape index (κ2) is 7.98. The normalized spacial score (nSPS) is 12.0. The zero-order valence-corrected chi connectivity index (χ0v) is 21.4. The number of fused-ring (bicyclic) bond motifs is 11. The molecule has 0 radical (unpaired) electrons. The van der Waals surface area contributed by atoms with Crippen molar-refractivity contribution in [1.82, 2.24) is 23.9 Å². The summed E-state index contributed by atoms with van der Waals surface area (Å²) in [6.45, 7) is 0. The second-order valence-electron chi connectivity index (χ2n) is 10.1. The molecule has 0 fully saturated rings. The fourth-order valence-electron chi connectivity index (χ4n) is 6.22. The minimum absolute atomic E-state index is 0.848. The lowest BCUT2D eigenvalue weighted by Gasteiger charge is -2.11. The van der Waals surface area contributed by atoms with Crippen molar-refractivity contribution in [3.05, 3.63) is 128 Å². The molecule has 9 aromatic rings. The summed E-state index contributed by atoms with van der Waals surface area (Å²) in [5.74, 6) is 0.866. The zero-order valence-electron chi connectivity index (χ0n) is 21.4. The van der Waals surface area contributed by atoms with Gasteiger partial charge >= 0.3 is 0 Å². The molecule has 0 saturated carbocycles. The average molecular weight is 512 g/mol. The predicted octanol–water partition coefficient (Wildman–Crippen LogP) is 8.35. The smallest absolute Gasteiger partial charge is 0.146 e. The van der Waals surface area contributed by atoms with Crippen molar-refractivity contribution < 1.29 is 0 Å². The van der Waals surface area contributed by atoms with Crippen LogP contribution in [-0.2, 0) is 0 Å². The topological polar surface area (TPSA) is 48.0 Å². The summed E-state index contributed by atoms with van der Waals surface area (Å²) in [4.78, 5) is 14.8. The Labute approximate surface area is 228 Å². The second-order valence-corrected chi connectivity index (χ2v) is 10.1. The molecule has 0 aliphatic heterocycles. The molecule has 0 amide bonds. The first-order chi connectivity index (χ1) is 19.8. The third kappa shape index (κ3) is 2.89. The fraction of sp³-hybridized carbons (Fsp3) is 0. The van der Waals surface area contributed by atoms with E-state index in [1.807, 2.05) is 24.3 Å². The summed E-state index contributed by atoms with van der Waals surface area (Å²) >= 11 is 0. The Hall–Kier alpha value is -5.55. The SMILES string of the molecule is c1ccc(-c2cccc(-n3c4ccccc4c4cc5c(cc43)c3ccccc3n3c4ccccc4nc53)n2)nc1. The van der Waals surface area contributed by atoms with Gasteiger partial charge in [0.2, 0.25) is 0 Å². The lowest BCUT2D eigenvalue weighted by atomic mass is 10.0. The van der Waals surface area contributed by atoms with Crippen LogP contribution in [0.25, 0.3) is 77.4 Å². The van der Waals surface area contributed by atoms with Crippen molar-refractivity contribution >= 4 is 60.2 Å². The molecule has 4 aromatic carbocycles. The van der Waals surface area contributed by atoms with E-state index in [1.165, 1.54) is 21.5 Å². The zero-order chi connectivity index (χ0) is 26.2. The Balaban J connectivity index is 1.45. The first-order valence-electron chi connectivity index (χ1n) is 13.4. The Morgan fingerprint density at radius 1 is 0.450 bits per heavy atom. The maximum atomic E-state index is 5.13. The van der Waals surface area contributed by atoms with Gasteiger partial charge in [-0.2, -0.15) is 0 Å². The average Bonchev–Trinajstić information content (AvgIpc) is 3.57. The van der Waals surface area contributed by atoms with Crippen LogP contribution in [0.3, 0.4) is 0 Å². The summed E-state index contributed by atoms with van der Waals surface area (Å²) in [5.41, 5.74) is 8.18. The molecule has 0 N–H and O–H groups in total. The summed E-state index contributed by atoms with van der Waals surface area (Å²) < 4.78 is 4.58. The lowest BCUT2D eigenvalue weighted by molar-refractivity contribution is 1.08. The van der Waals surface area contributed by atoms with Gasteiger partial charge in [-0.1, -0.05) is 60.7 Å². The molecule has 0 aliphatic rings. The molecule has 0 bridgehead atoms. The highest BCUT2D eigenvalue weighted by Gasteiger charge is 2.19. The van der Waals surface area contributed by atoms with Crippen molar-refractivity contribution in [2.45, 2.75) is 0 Å². The maximum absolute atomic E-state index is 5.13. The van der Waals surface area contributed by atoms with Crippen molar-refractivity contribution in [2.24, 2.45) is 0 Å². The Morgan fingerprint density at radius 3 is 2.02 bits per heavy atom. The monoisotopic (exact) mass is 511 g/mol. The van der Waals surface area contributed by atoms with E-state index in [4.69, 9.17) is 9.97 Å². The minimum Gasteiger partial charge on any atom is -0.294 e. The number of imidazole rings is 1. The number of rotatable bonds is 2. The number of nitrogens with zero attached hydrogens (tertiary/aromatic N) is 5. The first kappa shape index (κ1) is 21.4. The molecule has 0 spiro atoms. The summed E-state index contributed by atoms with van der Waals surface area (Å²) in [6.07, 6.45) is 1.81. The van der Waals surface area contributed by atoms with Gasteiger partial charge in [-0.15, -0.1) is 0 Å². The van der Waals surface area contributed by atoms with Gasteiger partial charge in [0.25, 0.3) is 0 Å². The Morgan fingerprint density at radius 2 is 1.18 bits per heavy atom. The molecule has 5 heteroatoms. The number of hydrogen-bond acceptors (Lipinski definition) is 3. The molecule has 9 rings (SSSR count). The van der Waals surface area contributed by atoms with Crippen LogP contribution < -0.4 is 0 Å². The van der Waals surface area contributed by atoms with E-state index in [-0.39, 0.29) is 0 Å². The highest BCUT2D eigenvalue weighted by atomic mass is 15.1. The minimum atomic E-state index is 0.848. The molecule has 0 atom stereocenters. The largest absolute Gasteiger partial charge is 0.294 e. The molecule has 0 saturated heterocycles. The molecular weight excluding hydrogens is 490 g/mol. The van der Waals surface area contributed by atoms with Gasteiger partial charge in [-0.3, -0.25) is 14.0 Å². The number of para-hydroxylation sites is 4. The molecule has 5 nitrogen and oxygen atoms in total. The van der Waals surface area contributed by atoms with Gasteiger partial charge in [0.05, 0.1) is 39.0 Å². The molecule has 40 heavy (non-hydrogen) atoms. The number of pyridine rings is 3. The van der Waals surface area contributed by atoms with E-state index in [0.29, 0.717) is 0 Å². The van der Waals surface area contributed by atoms with E-state index in [9.17, 15) is 0 Å². The number of benzene rings is 4. The van der Waals surface area contributed by atoms with E-state index in [1.54, 1.807) is 6.20 Å². The first-order valence-corrected chi connectivity index (χ1v) is 13.4. The predicted molar refractivity (Wildman–Crippen MR) is 163 cm³/mol. The summed E-state index contributed by atoms with van der Waals surface area (Å²) in [5, 5.41) is 5.88. The van der Waals surface area contributed by atoms with Crippen molar-refractivity contribution in [2.75, 3.05) is 0 Å². The third-order valence-electron chi connectivity index (χ3n) is 7.94. The quantitative estimate of drug-likeness (QED) is 0.219. The van der Waals surface area contributed by atoms with Crippen LogP contribution in [0.1, 0.15) is 0 Å². The van der Waals surface area contributed by atoms with Crippen LogP contribution in [0.15, 0.2) is 128 Å². The number of aromatic nitrogens is 5. The van der Waals surface area contributed by atoms with Crippen molar-refractivity contribution in [3.63, 3.8) is 0 Å². The van der Waals surface area contributed by atoms with Crippen molar-refractivity contribution in [1.29, 1.82) is 0 Å². The summed E-state index contributed by atoms with van der Waals surface area (Å²) in [7, 11) is 0. The summed E-state index contributed by atoms with van der Waals surface area (Å²) in [6, 6.07) is 42.3. The standard InChI is InChI=1S/C35H21N5/c1-5-16-31-22(10-1)24-21-33-25(20-26(24)35-38-29-13-3-6-17-32(29)40(31)35)23-11-2-4-15-30(23)39(33)34-18-9-14-28(37-34)27-12-7-8-19-36-27/h1-21H. The van der Waals surface area contributed by atoms with Gasteiger partial charge in [-0.25, -0.2) is 9.97 Å². The lowest BCUT2D eigenvalue weighted by Crippen LogP contribution is -1.99. The van der Waals surface area contributed by atoms with Gasteiger partial charge in [0, 0.05) is 27.7 Å². The third-order valence-corrected chi connectivity index (χ3v) is 7.94. The molecule has 186 valence electrons. The van der Waals surface area contributed by atoms with Crippen LogP contribution in [0.5, 0.6) is 0 Å². The molecular formula is C35H21N5. The van der Waals surface area contributed by atoms with E-state index < -0.39 is 0 Å². The van der Waals surface area contributed by atoms with Gasteiger partial charge in [0.1, 0.15) is 11.5 Å². The van der Waals surface area contributed by atoms with E-state index >= 15 is 0 Å². The van der Waals surface area contributed by atoms with Gasteiger partial charge in [-0.05, 0) is 66.0 Å². The Kier molecular flexibility index (Phi) is 4.27. The maximum Gasteiger partial charge on any atom is 0.146 e. The van der Waals surface area contributed by atoms with Gasteiger partial charge < -0.3 is 0 Å². The highest BCUT2D eigenvalue weighted by molar-refractivity contribution is 6.21. The molecule has 0 aliphatic carbocycles. The van der Waals surface area contributed by atoms with Crippen molar-refractivity contribution in [3.8, 4) is 17.2 Å². The van der Waals surface area contributed by atoms with Crippen LogP contribution in [0.4, 0.5) is 0 Å².